The maximum absolute atomic E-state index is 12.5. The molecule has 0 spiro atoms. The number of fused-ring (bicyclic) bond motifs is 4. The third-order valence-electron chi connectivity index (χ3n) is 11.3. The van der Waals surface area contributed by atoms with Crippen molar-refractivity contribution in [3.05, 3.63) is 99.6 Å². The molecule has 2 aliphatic heterocycles. The Morgan fingerprint density at radius 1 is 0.657 bits per heavy atom. The van der Waals surface area contributed by atoms with E-state index in [1.54, 1.807) is 18.2 Å². The molecule has 3 aromatic rings. The van der Waals surface area contributed by atoms with Crippen molar-refractivity contribution >= 4 is 96.9 Å². The normalized spacial score (nSPS) is 16.5. The summed E-state index contributed by atoms with van der Waals surface area (Å²) in [6, 6.07) is 13.9. The molecule has 0 unspecified atom stereocenters. The summed E-state index contributed by atoms with van der Waals surface area (Å²) in [6.45, 7) is 15.6. The lowest BCUT2D eigenvalue weighted by atomic mass is 9.66. The predicted octanol–water partition coefficient (Wildman–Crippen LogP) is 1.00. The molecule has 0 bridgehead atoms. The Morgan fingerprint density at radius 2 is 1.13 bits per heavy atom. The summed E-state index contributed by atoms with van der Waals surface area (Å²) in [4.78, 5) is 18.3. The maximum atomic E-state index is 12.5. The van der Waals surface area contributed by atoms with Crippen LogP contribution in [0.2, 0.25) is 0 Å². The molecule has 23 nitrogen and oxygen atoms in total. The van der Waals surface area contributed by atoms with Gasteiger partial charge in [0.05, 0.1) is 33.7 Å². The van der Waals surface area contributed by atoms with Gasteiger partial charge >= 0.3 is 31.8 Å². The number of hydrogen-bond donors (Lipinski definition) is 4. The van der Waals surface area contributed by atoms with Crippen LogP contribution in [0.4, 0.5) is 11.4 Å². The van der Waals surface area contributed by atoms with E-state index in [1.165, 1.54) is 12.1 Å². The number of hydrogen-bond acceptors (Lipinski definition) is 19. The Balaban J connectivity index is 0.000000970. The number of anilines is 2. The van der Waals surface area contributed by atoms with Crippen molar-refractivity contribution < 1.29 is 91.3 Å². The van der Waals surface area contributed by atoms with Crippen molar-refractivity contribution in [3.63, 3.8) is 0 Å². The van der Waals surface area contributed by atoms with Crippen LogP contribution in [0.25, 0.3) is 11.1 Å². The first kappa shape index (κ1) is 58.8. The quantitative estimate of drug-likeness (QED) is 0.105. The molecule has 3 aromatic carbocycles. The molecule has 0 saturated carbocycles. The molecular weight excluding hydrogens is 1050 g/mol. The lowest BCUT2D eigenvalue weighted by molar-refractivity contribution is -0.450. The Bertz CT molecular complexity index is 3240. The number of ether oxygens (including phenoxy) is 1. The van der Waals surface area contributed by atoms with E-state index in [-0.39, 0.29) is 24.6 Å². The molecule has 6 rings (SSSR count). The number of carbonyl (C=O) groups is 1. The van der Waals surface area contributed by atoms with Crippen LogP contribution in [0.1, 0.15) is 93.8 Å². The summed E-state index contributed by atoms with van der Waals surface area (Å²) in [5.41, 5.74) is 6.99. The van der Waals surface area contributed by atoms with Crippen molar-refractivity contribution in [1.29, 1.82) is 0 Å². The minimum absolute atomic E-state index is 0.140. The highest BCUT2D eigenvalue weighted by atomic mass is 32.2. The topological polar surface area (TPSA) is 363 Å². The van der Waals surface area contributed by atoms with E-state index in [2.05, 4.69) is 60.7 Å². The van der Waals surface area contributed by atoms with E-state index in [0.29, 0.717) is 53.1 Å². The number of rotatable bonds is 13. The number of nitrogens with zero attached hydrogens (tertiary/aromatic N) is 2. The van der Waals surface area contributed by atoms with Crippen molar-refractivity contribution in [2.75, 3.05) is 41.0 Å². The van der Waals surface area contributed by atoms with Crippen LogP contribution in [0.3, 0.4) is 0 Å². The zero-order valence-electron chi connectivity index (χ0n) is 38.4. The second-order valence-corrected chi connectivity index (χ2v) is 23.0. The van der Waals surface area contributed by atoms with E-state index >= 15 is 0 Å². The number of allylic oxidation sites excluding steroid dienone is 1. The van der Waals surface area contributed by atoms with Gasteiger partial charge in [0, 0.05) is 41.0 Å². The van der Waals surface area contributed by atoms with E-state index < -0.39 is 90.2 Å². The average molecular weight is 1100 g/mol. The van der Waals surface area contributed by atoms with Crippen LogP contribution in [0.15, 0.2) is 65.6 Å². The molecule has 0 saturated heterocycles. The number of nitrogens with one attached hydrogen (secondary N) is 1. The molecule has 1 aliphatic carbocycles. The lowest BCUT2D eigenvalue weighted by Crippen LogP contribution is -2.75. The van der Waals surface area contributed by atoms with Gasteiger partial charge in [-0.3, -0.25) is 18.5 Å². The van der Waals surface area contributed by atoms with Gasteiger partial charge in [0.2, 0.25) is 5.71 Å². The predicted molar refractivity (Wildman–Crippen MR) is 252 cm³/mol. The molecule has 0 aromatic heterocycles. The van der Waals surface area contributed by atoms with Gasteiger partial charge in [-0.25, -0.2) is 4.99 Å². The molecule has 3 aliphatic rings. The van der Waals surface area contributed by atoms with E-state index in [4.69, 9.17) is 42.6 Å². The molecular formula is C41H50N3O20S6+. The molecule has 384 valence electrons. The Labute approximate surface area is 409 Å². The first-order valence-corrected chi connectivity index (χ1v) is 27.9. The minimum atomic E-state index is -4.51. The van der Waals surface area contributed by atoms with Crippen molar-refractivity contribution in [2.24, 2.45) is 0 Å². The standard InChI is InChI=1S/C41H49N3O11S3.3O3S/c1-26-21-39(2,3)43(14-8-15-55-25-45)36-19-34-32(17-30(26)36)38(42-13-16-56(46,47)48)33-18-31-28(24-57(49,50)51)22-40(4,5)44(37(31)20-35(33)41(34,6)7)23-27-9-11-29(12-10-27)58(52,53)54;3*1-4(2)3/h9-12,17-22,25H,8,13-16,23-24H2,1-7H3,(H,46,47,48)(H,49,50,51)(H,52,53,54);;;/p+1. The Morgan fingerprint density at radius 3 is 1.59 bits per heavy atom. The summed E-state index contributed by atoms with van der Waals surface area (Å²) in [7, 11) is -22.6. The monoisotopic (exact) mass is 1100 g/mol. The van der Waals surface area contributed by atoms with E-state index in [1.807, 2.05) is 32.9 Å². The summed E-state index contributed by atoms with van der Waals surface area (Å²) in [6.07, 6.45) is 4.53. The average Bonchev–Trinajstić information content (AvgIpc) is 3.17. The Hall–Kier alpha value is -5.53. The number of carbonyl (C=O) groups excluding carboxylic acids is 1. The second kappa shape index (κ2) is 22.7. The summed E-state index contributed by atoms with van der Waals surface area (Å²) in [5, 5.41) is 0. The summed E-state index contributed by atoms with van der Waals surface area (Å²) in [5.74, 6) is -1.25. The van der Waals surface area contributed by atoms with Crippen LogP contribution >= 0.6 is 0 Å². The first-order valence-electron chi connectivity index (χ1n) is 20.2. The van der Waals surface area contributed by atoms with Gasteiger partial charge in [0.1, 0.15) is 11.5 Å². The molecule has 0 radical (unpaired) electrons. The van der Waals surface area contributed by atoms with Crippen molar-refractivity contribution in [3.8, 4) is 0 Å². The van der Waals surface area contributed by atoms with Crippen LogP contribution in [-0.2, 0) is 83.7 Å². The van der Waals surface area contributed by atoms with Gasteiger partial charge in [-0.1, -0.05) is 38.1 Å². The Kier molecular flexibility index (Phi) is 19.1. The van der Waals surface area contributed by atoms with Crippen LogP contribution < -0.4 is 14.8 Å². The van der Waals surface area contributed by atoms with Gasteiger partial charge < -0.3 is 14.5 Å². The first-order chi connectivity index (χ1) is 31.9. The maximum Gasteiger partial charge on any atom is 0.425 e. The highest BCUT2D eigenvalue weighted by Gasteiger charge is 2.44. The molecule has 4 N–H and O–H groups in total. The number of benzene rings is 3. The molecule has 2 heterocycles. The smallest absolute Gasteiger partial charge is 0.425 e. The summed E-state index contributed by atoms with van der Waals surface area (Å²) >= 11 is 0. The fraction of sp³-hybridized carbons (Fsp3) is 0.415. The van der Waals surface area contributed by atoms with Crippen LogP contribution in [0, 0.1) is 0 Å². The molecule has 0 atom stereocenters. The van der Waals surface area contributed by atoms with Gasteiger partial charge in [-0.05, 0) is 105 Å². The van der Waals surface area contributed by atoms with Gasteiger partial charge in [0.25, 0.3) is 36.8 Å². The van der Waals surface area contributed by atoms with Gasteiger partial charge in [0.15, 0.2) is 6.54 Å². The molecule has 70 heavy (non-hydrogen) atoms. The van der Waals surface area contributed by atoms with Gasteiger partial charge in [-0.15, -0.1) is 37.9 Å². The van der Waals surface area contributed by atoms with Gasteiger partial charge in [-0.2, -0.15) is 25.3 Å². The fourth-order valence-corrected chi connectivity index (χ4v) is 10.1. The SMILES string of the molecule is CC1=CC(C)(C)N(CCCOC=O)c2cc3c(cc21)C(=[NH+]CCS(=O)(=O)O)c1cc2c(cc1C3(C)C)N(Cc1ccc(S(=O)(=O)O)cc1)C(C)(C)C=C2CS(=O)(=O)O.O=S(=O)=O.O=S(=O)=O.O=S(=O)=O. The highest BCUT2D eigenvalue weighted by molar-refractivity contribution is 7.86. The largest absolute Gasteiger partial charge is 0.468 e. The third kappa shape index (κ3) is 15.7. The van der Waals surface area contributed by atoms with Crippen LogP contribution in [-0.4, -0.2) is 131 Å². The zero-order valence-corrected chi connectivity index (χ0v) is 43.3. The molecule has 0 fully saturated rings. The van der Waals surface area contributed by atoms with E-state index in [0.717, 1.165) is 33.5 Å². The third-order valence-corrected chi connectivity index (χ3v) is 13.5. The molecule has 29 heteroatoms. The fourth-order valence-electron chi connectivity index (χ4n) is 8.64. The zero-order chi connectivity index (χ0) is 53.5. The van der Waals surface area contributed by atoms with Crippen molar-refractivity contribution in [1.82, 2.24) is 0 Å². The second-order valence-electron chi connectivity index (χ2n) is 17.4. The lowest BCUT2D eigenvalue weighted by Gasteiger charge is -2.46. The van der Waals surface area contributed by atoms with E-state index in [9.17, 15) is 43.7 Å². The summed E-state index contributed by atoms with van der Waals surface area (Å²) < 4.78 is 183. The minimum Gasteiger partial charge on any atom is -0.468 e. The molecule has 0 amide bonds. The van der Waals surface area contributed by atoms with Crippen molar-refractivity contribution in [2.45, 2.75) is 82.8 Å². The highest BCUT2D eigenvalue weighted by Crippen LogP contribution is 2.50. The van der Waals surface area contributed by atoms with Crippen LogP contribution in [0.5, 0.6) is 0 Å².